The molecule has 0 aliphatic carbocycles. The van der Waals surface area contributed by atoms with Crippen molar-refractivity contribution in [3.63, 3.8) is 0 Å². The van der Waals surface area contributed by atoms with Crippen LogP contribution in [0.2, 0.25) is 0 Å². The molecule has 3 rings (SSSR count). The molecule has 0 aromatic carbocycles. The highest BCUT2D eigenvalue weighted by Gasteiger charge is 2.30. The Labute approximate surface area is 123 Å². The molecule has 2 aliphatic rings. The number of nitrogens with zero attached hydrogens (tertiary/aromatic N) is 2. The van der Waals surface area contributed by atoms with E-state index < -0.39 is 5.97 Å². The summed E-state index contributed by atoms with van der Waals surface area (Å²) in [7, 11) is 1.35. The number of aromatic nitrogens is 1. The van der Waals surface area contributed by atoms with Crippen LogP contribution in [-0.2, 0) is 14.2 Å². The third kappa shape index (κ3) is 2.94. The highest BCUT2D eigenvalue weighted by molar-refractivity contribution is 5.87. The van der Waals surface area contributed by atoms with Crippen molar-refractivity contribution in [2.45, 2.75) is 19.1 Å². The maximum Gasteiger partial charge on any atom is 0.356 e. The van der Waals surface area contributed by atoms with Gasteiger partial charge in [0.1, 0.15) is 18.2 Å². The molecule has 6 nitrogen and oxygen atoms in total. The van der Waals surface area contributed by atoms with Gasteiger partial charge in [0.05, 0.1) is 19.0 Å². The van der Waals surface area contributed by atoms with Crippen molar-refractivity contribution in [2.24, 2.45) is 5.92 Å². The van der Waals surface area contributed by atoms with Crippen LogP contribution in [0.25, 0.3) is 0 Å². The minimum atomic E-state index is -0.414. The summed E-state index contributed by atoms with van der Waals surface area (Å²) in [5.74, 6) is 0.00170. The quantitative estimate of drug-likeness (QED) is 0.793. The monoisotopic (exact) mass is 290 g/mol. The molecule has 1 aromatic rings. The lowest BCUT2D eigenvalue weighted by atomic mass is 9.96. The molecule has 0 amide bonds. The van der Waals surface area contributed by atoms with E-state index in [0.29, 0.717) is 11.6 Å². The van der Waals surface area contributed by atoms with Crippen molar-refractivity contribution < 1.29 is 19.0 Å². The lowest BCUT2D eigenvalue weighted by Crippen LogP contribution is -2.38. The fraction of sp³-hybridized carbons (Fsp3) is 0.467. The van der Waals surface area contributed by atoms with Gasteiger partial charge in [-0.25, -0.2) is 9.78 Å². The maximum atomic E-state index is 11.4. The predicted molar refractivity (Wildman–Crippen MR) is 75.6 cm³/mol. The Morgan fingerprint density at radius 2 is 2.00 bits per heavy atom. The number of hydrogen-bond acceptors (Lipinski definition) is 6. The van der Waals surface area contributed by atoms with Crippen LogP contribution in [-0.4, -0.2) is 37.4 Å². The van der Waals surface area contributed by atoms with E-state index in [1.807, 2.05) is 6.07 Å². The highest BCUT2D eigenvalue weighted by atomic mass is 16.7. The summed E-state index contributed by atoms with van der Waals surface area (Å²) in [6, 6.07) is 3.60. The number of carbonyl (C=O) groups is 1. The zero-order valence-electron chi connectivity index (χ0n) is 11.9. The van der Waals surface area contributed by atoms with Gasteiger partial charge >= 0.3 is 5.97 Å². The standard InChI is InChI=1S/C15H18N2O4/c1-19-14(18)13-3-2-12(10-16-13)17-6-4-11(5-7-17)15-20-8-9-21-15/h2-3,8-11,15H,4-7H2,1H3. The second kappa shape index (κ2) is 6.03. The average molecular weight is 290 g/mol. The van der Waals surface area contributed by atoms with Crippen molar-refractivity contribution in [1.29, 1.82) is 0 Å². The minimum Gasteiger partial charge on any atom is -0.464 e. The third-order valence-electron chi connectivity index (χ3n) is 3.91. The molecular formula is C15H18N2O4. The summed E-state index contributed by atoms with van der Waals surface area (Å²) in [6.45, 7) is 1.85. The zero-order valence-corrected chi connectivity index (χ0v) is 11.9. The topological polar surface area (TPSA) is 60.9 Å². The molecule has 0 bridgehead atoms. The molecule has 0 unspecified atom stereocenters. The second-order valence-electron chi connectivity index (χ2n) is 5.13. The number of methoxy groups -OCH3 is 1. The van der Waals surface area contributed by atoms with Gasteiger partial charge in [0, 0.05) is 19.0 Å². The zero-order chi connectivity index (χ0) is 14.7. The van der Waals surface area contributed by atoms with E-state index in [0.717, 1.165) is 31.6 Å². The summed E-state index contributed by atoms with van der Waals surface area (Å²) in [4.78, 5) is 17.8. The van der Waals surface area contributed by atoms with Gasteiger partial charge in [0.25, 0.3) is 0 Å². The molecule has 112 valence electrons. The number of hydrogen-bond donors (Lipinski definition) is 0. The molecule has 21 heavy (non-hydrogen) atoms. The van der Waals surface area contributed by atoms with Crippen LogP contribution in [0.3, 0.4) is 0 Å². The summed E-state index contributed by atoms with van der Waals surface area (Å²) < 4.78 is 15.4. The normalized spacial score (nSPS) is 19.2. The SMILES string of the molecule is COC(=O)c1ccc(N2CCC(C3OC=CO3)CC2)cn1. The minimum absolute atomic E-state index is 0.132. The Balaban J connectivity index is 1.57. The van der Waals surface area contributed by atoms with Crippen LogP contribution >= 0.6 is 0 Å². The molecule has 1 aromatic heterocycles. The Hall–Kier alpha value is -2.24. The first-order valence-corrected chi connectivity index (χ1v) is 7.03. The van der Waals surface area contributed by atoms with Crippen molar-refractivity contribution in [1.82, 2.24) is 4.98 Å². The number of ether oxygens (including phenoxy) is 3. The molecule has 2 aliphatic heterocycles. The van der Waals surface area contributed by atoms with E-state index in [1.165, 1.54) is 7.11 Å². The van der Waals surface area contributed by atoms with Gasteiger partial charge in [-0.05, 0) is 25.0 Å². The van der Waals surface area contributed by atoms with Crippen molar-refractivity contribution >= 4 is 11.7 Å². The number of carbonyl (C=O) groups excluding carboxylic acids is 1. The lowest BCUT2D eigenvalue weighted by Gasteiger charge is -2.34. The first-order chi connectivity index (χ1) is 10.3. The summed E-state index contributed by atoms with van der Waals surface area (Å²) >= 11 is 0. The Bertz CT molecular complexity index is 513. The van der Waals surface area contributed by atoms with Gasteiger partial charge < -0.3 is 19.1 Å². The van der Waals surface area contributed by atoms with Crippen LogP contribution in [0.5, 0.6) is 0 Å². The molecule has 0 radical (unpaired) electrons. The Morgan fingerprint density at radius 3 is 2.57 bits per heavy atom. The number of piperidine rings is 1. The van der Waals surface area contributed by atoms with Crippen LogP contribution < -0.4 is 4.90 Å². The summed E-state index contributed by atoms with van der Waals surface area (Å²) in [5.41, 5.74) is 1.35. The Morgan fingerprint density at radius 1 is 1.29 bits per heavy atom. The third-order valence-corrected chi connectivity index (χ3v) is 3.91. The van der Waals surface area contributed by atoms with E-state index in [1.54, 1.807) is 24.8 Å². The maximum absolute atomic E-state index is 11.4. The summed E-state index contributed by atoms with van der Waals surface area (Å²) in [5, 5.41) is 0. The predicted octanol–water partition coefficient (Wildman–Crippen LogP) is 1.93. The van der Waals surface area contributed by atoms with Crippen LogP contribution in [0.4, 0.5) is 5.69 Å². The van der Waals surface area contributed by atoms with Gasteiger partial charge in [-0.3, -0.25) is 0 Å². The van der Waals surface area contributed by atoms with Crippen molar-refractivity contribution in [2.75, 3.05) is 25.1 Å². The molecule has 1 saturated heterocycles. The van der Waals surface area contributed by atoms with Crippen LogP contribution in [0.15, 0.2) is 30.9 Å². The van der Waals surface area contributed by atoms with Gasteiger partial charge in [0.2, 0.25) is 6.29 Å². The van der Waals surface area contributed by atoms with Crippen LogP contribution in [0, 0.1) is 5.92 Å². The molecule has 3 heterocycles. The average Bonchev–Trinajstić information content (AvgIpc) is 3.09. The van der Waals surface area contributed by atoms with E-state index >= 15 is 0 Å². The first-order valence-electron chi connectivity index (χ1n) is 7.03. The molecule has 1 fully saturated rings. The largest absolute Gasteiger partial charge is 0.464 e. The molecule has 6 heteroatoms. The van der Waals surface area contributed by atoms with Crippen molar-refractivity contribution in [3.05, 3.63) is 36.5 Å². The number of esters is 1. The van der Waals surface area contributed by atoms with Gasteiger partial charge in [-0.15, -0.1) is 0 Å². The second-order valence-corrected chi connectivity index (χ2v) is 5.13. The number of anilines is 1. The molecule has 0 atom stereocenters. The smallest absolute Gasteiger partial charge is 0.356 e. The molecular weight excluding hydrogens is 272 g/mol. The van der Waals surface area contributed by atoms with Gasteiger partial charge in [-0.1, -0.05) is 0 Å². The highest BCUT2D eigenvalue weighted by Crippen LogP contribution is 2.28. The molecule has 0 saturated carbocycles. The van der Waals surface area contributed by atoms with Crippen LogP contribution in [0.1, 0.15) is 23.3 Å². The molecule has 0 spiro atoms. The number of pyridine rings is 1. The lowest BCUT2D eigenvalue weighted by molar-refractivity contribution is -0.0728. The first kappa shape index (κ1) is 13.7. The fourth-order valence-electron chi connectivity index (χ4n) is 2.70. The summed E-state index contributed by atoms with van der Waals surface area (Å²) in [6.07, 6.45) is 6.80. The van der Waals surface area contributed by atoms with Crippen molar-refractivity contribution in [3.8, 4) is 0 Å². The van der Waals surface area contributed by atoms with Gasteiger partial charge in [0.15, 0.2) is 0 Å². The van der Waals surface area contributed by atoms with E-state index in [4.69, 9.17) is 9.47 Å². The van der Waals surface area contributed by atoms with Gasteiger partial charge in [-0.2, -0.15) is 0 Å². The van der Waals surface area contributed by atoms with E-state index in [9.17, 15) is 4.79 Å². The van der Waals surface area contributed by atoms with E-state index in [2.05, 4.69) is 14.6 Å². The number of rotatable bonds is 3. The molecule has 0 N–H and O–H groups in total. The fourth-order valence-corrected chi connectivity index (χ4v) is 2.70. The van der Waals surface area contributed by atoms with E-state index in [-0.39, 0.29) is 6.29 Å². The Kier molecular flexibility index (Phi) is 3.94.